The second kappa shape index (κ2) is 9.85. The predicted molar refractivity (Wildman–Crippen MR) is 106 cm³/mol. The number of rotatable bonds is 9. The molecule has 2 rings (SSSR count). The van der Waals surface area contributed by atoms with E-state index in [2.05, 4.69) is 26.1 Å². The van der Waals surface area contributed by atoms with E-state index < -0.39 is 6.10 Å². The Kier molecular flexibility index (Phi) is 7.52. The number of amides is 1. The van der Waals surface area contributed by atoms with Gasteiger partial charge in [0, 0.05) is 0 Å². The zero-order valence-electron chi connectivity index (χ0n) is 16.1. The Hall–Kier alpha value is -2.49. The molecule has 0 fully saturated rings. The fourth-order valence-electron chi connectivity index (χ4n) is 2.45. The lowest BCUT2D eigenvalue weighted by Crippen LogP contribution is -2.30. The number of ether oxygens (including phenoxy) is 2. The average Bonchev–Trinajstić information content (AvgIpc) is 2.63. The molecule has 0 radical (unpaired) electrons. The lowest BCUT2D eigenvalue weighted by Gasteiger charge is -2.17. The Morgan fingerprint density at radius 1 is 1.04 bits per heavy atom. The van der Waals surface area contributed by atoms with Crippen LogP contribution in [0.5, 0.6) is 11.5 Å². The summed E-state index contributed by atoms with van der Waals surface area (Å²) >= 11 is 0. The summed E-state index contributed by atoms with van der Waals surface area (Å²) in [6.07, 6.45) is 1.44. The van der Waals surface area contributed by atoms with Crippen LogP contribution in [-0.4, -0.2) is 18.6 Å². The molecule has 2 aromatic carbocycles. The fourth-order valence-corrected chi connectivity index (χ4v) is 2.45. The molecule has 0 aliphatic carbocycles. The molecule has 1 amide bonds. The summed E-state index contributed by atoms with van der Waals surface area (Å²) in [5.41, 5.74) is 1.91. The molecule has 0 spiro atoms. The molecule has 0 aliphatic rings. The number of hydrogen-bond donors (Lipinski definition) is 1. The first-order valence-corrected chi connectivity index (χ1v) is 9.30. The maximum absolute atomic E-state index is 12.5. The Morgan fingerprint density at radius 3 is 2.38 bits per heavy atom. The lowest BCUT2D eigenvalue weighted by atomic mass is 10.0. The van der Waals surface area contributed by atoms with Crippen molar-refractivity contribution in [1.82, 2.24) is 0 Å². The summed E-state index contributed by atoms with van der Waals surface area (Å²) in [6, 6.07) is 15.3. The summed E-state index contributed by atoms with van der Waals surface area (Å²) in [7, 11) is 0. The molecule has 1 unspecified atom stereocenters. The van der Waals surface area contributed by atoms with Crippen LogP contribution < -0.4 is 14.8 Å². The first-order valence-electron chi connectivity index (χ1n) is 9.30. The highest BCUT2D eigenvalue weighted by Crippen LogP contribution is 2.25. The van der Waals surface area contributed by atoms with Gasteiger partial charge in [0.25, 0.3) is 5.91 Å². The second-order valence-electron chi connectivity index (χ2n) is 6.67. The summed E-state index contributed by atoms with van der Waals surface area (Å²) in [5, 5.41) is 2.90. The van der Waals surface area contributed by atoms with Crippen molar-refractivity contribution >= 4 is 11.6 Å². The normalized spacial score (nSPS) is 11.9. The second-order valence-corrected chi connectivity index (χ2v) is 6.67. The summed E-state index contributed by atoms with van der Waals surface area (Å²) in [4.78, 5) is 12.5. The number of nitrogens with one attached hydrogen (secondary N) is 1. The van der Waals surface area contributed by atoms with Crippen molar-refractivity contribution in [2.75, 3.05) is 11.9 Å². The highest BCUT2D eigenvalue weighted by molar-refractivity contribution is 5.95. The van der Waals surface area contributed by atoms with Crippen LogP contribution in [-0.2, 0) is 4.79 Å². The smallest absolute Gasteiger partial charge is 0.265 e. The molecule has 4 heteroatoms. The first kappa shape index (κ1) is 19.8. The third kappa shape index (κ3) is 5.80. The van der Waals surface area contributed by atoms with Crippen LogP contribution >= 0.6 is 0 Å². The van der Waals surface area contributed by atoms with E-state index in [-0.39, 0.29) is 5.91 Å². The van der Waals surface area contributed by atoms with Gasteiger partial charge in [0.15, 0.2) is 6.10 Å². The first-order chi connectivity index (χ1) is 12.5. The minimum atomic E-state index is -0.608. The Morgan fingerprint density at radius 2 is 1.73 bits per heavy atom. The number of hydrogen-bond acceptors (Lipinski definition) is 3. The SMILES string of the molecule is CCCCOc1ccccc1NC(=O)C(C)Oc1ccc(C(C)C)cc1. The molecule has 0 saturated carbocycles. The molecule has 2 aromatic rings. The third-order valence-electron chi connectivity index (χ3n) is 4.13. The van der Waals surface area contributed by atoms with Crippen LogP contribution in [0.4, 0.5) is 5.69 Å². The van der Waals surface area contributed by atoms with Crippen LogP contribution in [0.1, 0.15) is 52.0 Å². The largest absolute Gasteiger partial charge is 0.491 e. The van der Waals surface area contributed by atoms with Crippen molar-refractivity contribution in [2.24, 2.45) is 0 Å². The van der Waals surface area contributed by atoms with E-state index in [0.29, 0.717) is 29.7 Å². The monoisotopic (exact) mass is 355 g/mol. The van der Waals surface area contributed by atoms with Gasteiger partial charge in [0.2, 0.25) is 0 Å². The van der Waals surface area contributed by atoms with Crippen LogP contribution in [0.15, 0.2) is 48.5 Å². The van der Waals surface area contributed by atoms with E-state index in [1.807, 2.05) is 48.5 Å². The van der Waals surface area contributed by atoms with Gasteiger partial charge >= 0.3 is 0 Å². The molecule has 0 saturated heterocycles. The Labute approximate surface area is 156 Å². The molecule has 0 bridgehead atoms. The van der Waals surface area contributed by atoms with Gasteiger partial charge in [0.1, 0.15) is 11.5 Å². The predicted octanol–water partition coefficient (Wildman–Crippen LogP) is 5.39. The maximum atomic E-state index is 12.5. The van der Waals surface area contributed by atoms with E-state index in [1.165, 1.54) is 5.56 Å². The maximum Gasteiger partial charge on any atom is 0.265 e. The van der Waals surface area contributed by atoms with Crippen molar-refractivity contribution < 1.29 is 14.3 Å². The van der Waals surface area contributed by atoms with Crippen molar-refractivity contribution in [3.05, 3.63) is 54.1 Å². The molecular formula is C22H29NO3. The van der Waals surface area contributed by atoms with Crippen LogP contribution in [0.25, 0.3) is 0 Å². The summed E-state index contributed by atoms with van der Waals surface area (Å²) in [6.45, 7) is 8.78. The number of benzene rings is 2. The molecule has 1 N–H and O–H groups in total. The molecule has 4 nitrogen and oxygen atoms in total. The molecule has 0 heterocycles. The van der Waals surface area contributed by atoms with Crippen LogP contribution in [0.2, 0.25) is 0 Å². The fraction of sp³-hybridized carbons (Fsp3) is 0.409. The molecule has 26 heavy (non-hydrogen) atoms. The lowest BCUT2D eigenvalue weighted by molar-refractivity contribution is -0.122. The van der Waals surface area contributed by atoms with Crippen LogP contribution in [0.3, 0.4) is 0 Å². The van der Waals surface area contributed by atoms with E-state index in [4.69, 9.17) is 9.47 Å². The number of para-hydroxylation sites is 2. The molecule has 0 aromatic heterocycles. The van der Waals surface area contributed by atoms with Crippen molar-refractivity contribution in [3.63, 3.8) is 0 Å². The minimum Gasteiger partial charge on any atom is -0.491 e. The standard InChI is InChI=1S/C22H29NO3/c1-5-6-15-25-21-10-8-7-9-20(21)23-22(24)17(4)26-19-13-11-18(12-14-19)16(2)3/h7-14,16-17H,5-6,15H2,1-4H3,(H,23,24). The van der Waals surface area contributed by atoms with Gasteiger partial charge in [-0.25, -0.2) is 0 Å². The number of carbonyl (C=O) groups excluding carboxylic acids is 1. The van der Waals surface area contributed by atoms with Gasteiger partial charge < -0.3 is 14.8 Å². The summed E-state index contributed by atoms with van der Waals surface area (Å²) in [5.74, 6) is 1.63. The van der Waals surface area contributed by atoms with Crippen molar-refractivity contribution in [1.29, 1.82) is 0 Å². The highest BCUT2D eigenvalue weighted by Gasteiger charge is 2.16. The van der Waals surface area contributed by atoms with Crippen molar-refractivity contribution in [2.45, 2.75) is 52.6 Å². The molecule has 1 atom stereocenters. The molecule has 0 aliphatic heterocycles. The highest BCUT2D eigenvalue weighted by atomic mass is 16.5. The topological polar surface area (TPSA) is 47.6 Å². The van der Waals surface area contributed by atoms with Gasteiger partial charge in [0.05, 0.1) is 12.3 Å². The number of unbranched alkanes of at least 4 members (excludes halogenated alkanes) is 1. The van der Waals surface area contributed by atoms with Gasteiger partial charge in [-0.15, -0.1) is 0 Å². The number of carbonyl (C=O) groups is 1. The van der Waals surface area contributed by atoms with E-state index in [9.17, 15) is 4.79 Å². The Balaban J connectivity index is 1.96. The molecular weight excluding hydrogens is 326 g/mol. The van der Waals surface area contributed by atoms with Gasteiger partial charge in [-0.3, -0.25) is 4.79 Å². The van der Waals surface area contributed by atoms with E-state index in [1.54, 1.807) is 6.92 Å². The van der Waals surface area contributed by atoms with Gasteiger partial charge in [-0.2, -0.15) is 0 Å². The van der Waals surface area contributed by atoms with E-state index >= 15 is 0 Å². The van der Waals surface area contributed by atoms with Crippen molar-refractivity contribution in [3.8, 4) is 11.5 Å². The zero-order chi connectivity index (χ0) is 18.9. The van der Waals surface area contributed by atoms with E-state index in [0.717, 1.165) is 12.8 Å². The Bertz CT molecular complexity index is 695. The van der Waals surface area contributed by atoms with Gasteiger partial charge in [-0.1, -0.05) is 51.5 Å². The third-order valence-corrected chi connectivity index (χ3v) is 4.13. The number of anilines is 1. The van der Waals surface area contributed by atoms with Gasteiger partial charge in [-0.05, 0) is 49.1 Å². The van der Waals surface area contributed by atoms with Crippen LogP contribution in [0, 0.1) is 0 Å². The zero-order valence-corrected chi connectivity index (χ0v) is 16.1. The summed E-state index contributed by atoms with van der Waals surface area (Å²) < 4.78 is 11.5. The average molecular weight is 355 g/mol. The quantitative estimate of drug-likeness (QED) is 0.613. The minimum absolute atomic E-state index is 0.204. The molecule has 140 valence electrons.